The Bertz CT molecular complexity index is 487. The quantitative estimate of drug-likeness (QED) is 0.877. The summed E-state index contributed by atoms with van der Waals surface area (Å²) in [7, 11) is 0. The molecule has 94 valence electrons. The highest BCUT2D eigenvalue weighted by molar-refractivity contribution is 5.30. The maximum atomic E-state index is 12.5. The van der Waals surface area contributed by atoms with Crippen LogP contribution in [-0.4, -0.2) is 6.67 Å². The van der Waals surface area contributed by atoms with Crippen LogP contribution in [0.3, 0.4) is 0 Å². The lowest BCUT2D eigenvalue weighted by atomic mass is 10.1. The minimum absolute atomic E-state index is 0.495. The van der Waals surface area contributed by atoms with Gasteiger partial charge < -0.3 is 10.5 Å². The average Bonchev–Trinajstić information content (AvgIpc) is 2.45. The largest absolute Gasteiger partial charge is 0.489 e. The van der Waals surface area contributed by atoms with Gasteiger partial charge in [-0.25, -0.2) is 4.39 Å². The Morgan fingerprint density at radius 2 is 1.83 bits per heavy atom. The Morgan fingerprint density at radius 3 is 2.56 bits per heavy atom. The number of benzene rings is 2. The van der Waals surface area contributed by atoms with Crippen LogP contribution in [0, 0.1) is 0 Å². The van der Waals surface area contributed by atoms with Crippen LogP contribution in [-0.2, 0) is 6.61 Å². The third kappa shape index (κ3) is 3.31. The molecule has 0 bridgehead atoms. The van der Waals surface area contributed by atoms with Crippen LogP contribution in [0.4, 0.5) is 4.39 Å². The number of halogens is 1. The van der Waals surface area contributed by atoms with Crippen LogP contribution in [0.5, 0.6) is 5.75 Å². The predicted molar refractivity (Wildman–Crippen MR) is 70.1 cm³/mol. The summed E-state index contributed by atoms with van der Waals surface area (Å²) >= 11 is 0. The molecule has 0 aliphatic carbocycles. The molecule has 2 N–H and O–H groups in total. The minimum atomic E-state index is -0.578. The molecule has 1 atom stereocenters. The SMILES string of the molecule is N[C@H](CF)c1cccc(OCc2ccccc2)c1. The van der Waals surface area contributed by atoms with Gasteiger partial charge >= 0.3 is 0 Å². The second kappa shape index (κ2) is 6.17. The molecule has 0 amide bonds. The Hall–Kier alpha value is -1.87. The molecule has 2 nitrogen and oxygen atoms in total. The topological polar surface area (TPSA) is 35.2 Å². The number of hydrogen-bond acceptors (Lipinski definition) is 2. The van der Waals surface area contributed by atoms with Crippen molar-refractivity contribution in [1.82, 2.24) is 0 Å². The molecule has 0 aliphatic rings. The molecule has 3 heteroatoms. The van der Waals surface area contributed by atoms with Crippen molar-refractivity contribution in [3.63, 3.8) is 0 Å². The summed E-state index contributed by atoms with van der Waals surface area (Å²) in [6, 6.07) is 16.6. The first kappa shape index (κ1) is 12.6. The van der Waals surface area contributed by atoms with Crippen molar-refractivity contribution in [2.75, 3.05) is 6.67 Å². The van der Waals surface area contributed by atoms with Crippen LogP contribution < -0.4 is 10.5 Å². The molecule has 0 aliphatic heterocycles. The molecule has 0 aromatic heterocycles. The fraction of sp³-hybridized carbons (Fsp3) is 0.200. The van der Waals surface area contributed by atoms with E-state index in [0.29, 0.717) is 12.4 Å². The standard InChI is InChI=1S/C15H16FNO/c16-10-15(17)13-7-4-8-14(9-13)18-11-12-5-2-1-3-6-12/h1-9,15H,10-11,17H2/t15-/m1/s1. The third-order valence-electron chi connectivity index (χ3n) is 2.70. The van der Waals surface area contributed by atoms with Gasteiger partial charge in [-0.3, -0.25) is 0 Å². The van der Waals surface area contributed by atoms with E-state index in [1.165, 1.54) is 0 Å². The van der Waals surface area contributed by atoms with E-state index in [0.717, 1.165) is 11.1 Å². The molecule has 0 saturated carbocycles. The lowest BCUT2D eigenvalue weighted by molar-refractivity contribution is 0.305. The minimum Gasteiger partial charge on any atom is -0.489 e. The number of rotatable bonds is 5. The Morgan fingerprint density at radius 1 is 1.06 bits per heavy atom. The summed E-state index contributed by atoms with van der Waals surface area (Å²) in [4.78, 5) is 0. The highest BCUT2D eigenvalue weighted by Gasteiger charge is 2.06. The smallest absolute Gasteiger partial charge is 0.120 e. The maximum Gasteiger partial charge on any atom is 0.120 e. The molecule has 2 aromatic rings. The second-order valence-corrected chi connectivity index (χ2v) is 4.11. The average molecular weight is 245 g/mol. The first-order valence-electron chi connectivity index (χ1n) is 5.88. The predicted octanol–water partition coefficient (Wildman–Crippen LogP) is 3.23. The first-order chi connectivity index (χ1) is 8.79. The third-order valence-corrected chi connectivity index (χ3v) is 2.70. The van der Waals surface area contributed by atoms with Gasteiger partial charge in [0.05, 0.1) is 6.04 Å². The highest BCUT2D eigenvalue weighted by Crippen LogP contribution is 2.19. The normalized spacial score (nSPS) is 12.1. The summed E-state index contributed by atoms with van der Waals surface area (Å²) in [6.07, 6.45) is 0. The maximum absolute atomic E-state index is 12.5. The number of ether oxygens (including phenoxy) is 1. The van der Waals surface area contributed by atoms with E-state index in [1.807, 2.05) is 42.5 Å². The Balaban J connectivity index is 2.01. The van der Waals surface area contributed by atoms with Gasteiger partial charge in [-0.05, 0) is 23.3 Å². The second-order valence-electron chi connectivity index (χ2n) is 4.11. The van der Waals surface area contributed by atoms with E-state index >= 15 is 0 Å². The molecule has 2 aromatic carbocycles. The van der Waals surface area contributed by atoms with Gasteiger partial charge in [0, 0.05) is 0 Å². The van der Waals surface area contributed by atoms with Gasteiger partial charge in [0.15, 0.2) is 0 Å². The Kier molecular flexibility index (Phi) is 4.31. The van der Waals surface area contributed by atoms with Gasteiger partial charge in [0.2, 0.25) is 0 Å². The molecule has 0 fully saturated rings. The van der Waals surface area contributed by atoms with E-state index in [-0.39, 0.29) is 0 Å². The van der Waals surface area contributed by atoms with Crippen LogP contribution >= 0.6 is 0 Å². The van der Waals surface area contributed by atoms with E-state index in [4.69, 9.17) is 10.5 Å². The van der Waals surface area contributed by atoms with Crippen LogP contribution in [0.25, 0.3) is 0 Å². The van der Waals surface area contributed by atoms with Crippen molar-refractivity contribution in [3.8, 4) is 5.75 Å². The summed E-state index contributed by atoms with van der Waals surface area (Å²) in [5.41, 5.74) is 7.49. The van der Waals surface area contributed by atoms with Crippen LogP contribution in [0.1, 0.15) is 17.2 Å². The zero-order valence-corrected chi connectivity index (χ0v) is 10.1. The Labute approximate surface area is 106 Å². The van der Waals surface area contributed by atoms with Crippen molar-refractivity contribution < 1.29 is 9.13 Å². The van der Waals surface area contributed by atoms with Gasteiger partial charge in [-0.15, -0.1) is 0 Å². The number of alkyl halides is 1. The summed E-state index contributed by atoms with van der Waals surface area (Å²) in [5, 5.41) is 0. The summed E-state index contributed by atoms with van der Waals surface area (Å²) < 4.78 is 18.1. The van der Waals surface area contributed by atoms with Crippen LogP contribution in [0.15, 0.2) is 54.6 Å². The lowest BCUT2D eigenvalue weighted by Gasteiger charge is -2.10. The van der Waals surface area contributed by atoms with Crippen molar-refractivity contribution in [3.05, 3.63) is 65.7 Å². The molecule has 0 heterocycles. The lowest BCUT2D eigenvalue weighted by Crippen LogP contribution is -2.12. The first-order valence-corrected chi connectivity index (χ1v) is 5.88. The molecule has 2 rings (SSSR count). The van der Waals surface area contributed by atoms with Gasteiger partial charge in [0.1, 0.15) is 19.0 Å². The summed E-state index contributed by atoms with van der Waals surface area (Å²) in [6.45, 7) is -0.0721. The molecule has 0 spiro atoms. The van der Waals surface area contributed by atoms with Crippen molar-refractivity contribution in [2.45, 2.75) is 12.6 Å². The fourth-order valence-electron chi connectivity index (χ4n) is 1.66. The van der Waals surface area contributed by atoms with Gasteiger partial charge in [0.25, 0.3) is 0 Å². The molecule has 0 radical (unpaired) electrons. The number of hydrogen-bond donors (Lipinski definition) is 1. The van der Waals surface area contributed by atoms with E-state index in [1.54, 1.807) is 12.1 Å². The van der Waals surface area contributed by atoms with Crippen molar-refractivity contribution in [2.24, 2.45) is 5.73 Å². The van der Waals surface area contributed by atoms with Crippen molar-refractivity contribution >= 4 is 0 Å². The molecule has 18 heavy (non-hydrogen) atoms. The fourth-order valence-corrected chi connectivity index (χ4v) is 1.66. The molecule has 0 saturated heterocycles. The zero-order chi connectivity index (χ0) is 12.8. The van der Waals surface area contributed by atoms with E-state index in [9.17, 15) is 4.39 Å². The van der Waals surface area contributed by atoms with Crippen LogP contribution in [0.2, 0.25) is 0 Å². The molecular weight excluding hydrogens is 229 g/mol. The molecule has 0 unspecified atom stereocenters. The molecular formula is C15H16FNO. The number of nitrogens with two attached hydrogens (primary N) is 1. The van der Waals surface area contributed by atoms with Gasteiger partial charge in [-0.1, -0.05) is 42.5 Å². The van der Waals surface area contributed by atoms with Gasteiger partial charge in [-0.2, -0.15) is 0 Å². The highest BCUT2D eigenvalue weighted by atomic mass is 19.1. The summed E-state index contributed by atoms with van der Waals surface area (Å²) in [5.74, 6) is 0.709. The van der Waals surface area contributed by atoms with E-state index in [2.05, 4.69) is 0 Å². The zero-order valence-electron chi connectivity index (χ0n) is 10.1. The van der Waals surface area contributed by atoms with Crippen molar-refractivity contribution in [1.29, 1.82) is 0 Å². The van der Waals surface area contributed by atoms with E-state index < -0.39 is 12.7 Å². The monoisotopic (exact) mass is 245 g/mol.